The first-order valence-corrected chi connectivity index (χ1v) is 11.9. The molecule has 1 N–H and O–H groups in total. The number of nitrogens with one attached hydrogen (secondary N) is 1. The van der Waals surface area contributed by atoms with Gasteiger partial charge in [0.15, 0.2) is 0 Å². The zero-order chi connectivity index (χ0) is 24.7. The molecule has 0 atom stereocenters. The van der Waals surface area contributed by atoms with Gasteiger partial charge in [-0.2, -0.15) is 0 Å². The number of fused-ring (bicyclic) bond motifs is 1. The molecule has 5 rings (SSSR count). The summed E-state index contributed by atoms with van der Waals surface area (Å²) in [7, 11) is 1.60. The van der Waals surface area contributed by atoms with Crippen LogP contribution in [0.4, 0.5) is 8.78 Å². The molecule has 35 heavy (non-hydrogen) atoms. The van der Waals surface area contributed by atoms with Gasteiger partial charge in [0.05, 0.1) is 16.7 Å². The summed E-state index contributed by atoms with van der Waals surface area (Å²) in [5.74, 6) is -1.79. The van der Waals surface area contributed by atoms with Gasteiger partial charge < -0.3 is 14.4 Å². The van der Waals surface area contributed by atoms with E-state index in [2.05, 4.69) is 27.3 Å². The van der Waals surface area contributed by atoms with Crippen LogP contribution in [0.2, 0.25) is 0 Å². The summed E-state index contributed by atoms with van der Waals surface area (Å²) in [6.07, 6.45) is 4.75. The van der Waals surface area contributed by atoms with Gasteiger partial charge in [0.1, 0.15) is 5.76 Å². The number of rotatable bonds is 5. The second-order valence-electron chi connectivity index (χ2n) is 9.44. The lowest BCUT2D eigenvalue weighted by Gasteiger charge is -2.28. The SMILES string of the molecule is CNC(=O)c1ccc(-c2cn(CC3CCC(F)(F)CC3)c3cc(-c4c(C)noc4C)cnc23)cc1. The standard InChI is InChI=1S/C27H28F2N4O2/c1-16-24(17(2)35-32-16)21-12-23-25(31-13-21)22(19-4-6-20(7-5-19)26(34)30-3)15-33(23)14-18-8-10-27(28,29)11-9-18/h4-7,12-13,15,18H,8-11,14H2,1-3H3,(H,30,34). The van der Waals surface area contributed by atoms with Crippen LogP contribution < -0.4 is 5.32 Å². The maximum Gasteiger partial charge on any atom is 0.251 e. The predicted octanol–water partition coefficient (Wildman–Crippen LogP) is 6.16. The van der Waals surface area contributed by atoms with Gasteiger partial charge >= 0.3 is 0 Å². The Morgan fingerprint density at radius 3 is 2.51 bits per heavy atom. The van der Waals surface area contributed by atoms with Crippen molar-refractivity contribution < 1.29 is 18.1 Å². The number of hydrogen-bond acceptors (Lipinski definition) is 4. The summed E-state index contributed by atoms with van der Waals surface area (Å²) in [5, 5.41) is 6.70. The Balaban J connectivity index is 1.58. The average molecular weight is 479 g/mol. The molecule has 8 heteroatoms. The van der Waals surface area contributed by atoms with E-state index in [4.69, 9.17) is 9.51 Å². The number of aryl methyl sites for hydroxylation is 2. The number of carbonyl (C=O) groups is 1. The van der Waals surface area contributed by atoms with Crippen LogP contribution in [0.25, 0.3) is 33.3 Å². The highest BCUT2D eigenvalue weighted by molar-refractivity contribution is 5.97. The average Bonchev–Trinajstić information content (AvgIpc) is 3.38. The highest BCUT2D eigenvalue weighted by Crippen LogP contribution is 2.39. The van der Waals surface area contributed by atoms with Crippen molar-refractivity contribution in [3.8, 4) is 22.3 Å². The highest BCUT2D eigenvalue weighted by atomic mass is 19.3. The molecule has 0 unspecified atom stereocenters. The maximum atomic E-state index is 13.7. The fourth-order valence-electron chi connectivity index (χ4n) is 5.07. The minimum Gasteiger partial charge on any atom is -0.361 e. The van der Waals surface area contributed by atoms with Gasteiger partial charge in [0, 0.05) is 61.1 Å². The Hall–Kier alpha value is -3.55. The molecule has 1 fully saturated rings. The molecule has 1 amide bonds. The van der Waals surface area contributed by atoms with Crippen molar-refractivity contribution in [1.82, 2.24) is 20.0 Å². The van der Waals surface area contributed by atoms with Crippen LogP contribution >= 0.6 is 0 Å². The zero-order valence-corrected chi connectivity index (χ0v) is 20.1. The summed E-state index contributed by atoms with van der Waals surface area (Å²) in [6, 6.07) is 9.48. The minimum atomic E-state index is -2.55. The number of benzene rings is 1. The Labute approximate surface area is 202 Å². The molecule has 0 radical (unpaired) electrons. The lowest BCUT2D eigenvalue weighted by Crippen LogP contribution is -2.26. The molecule has 0 bridgehead atoms. The molecule has 0 saturated heterocycles. The number of carbonyl (C=O) groups excluding carboxylic acids is 1. The van der Waals surface area contributed by atoms with Crippen molar-refractivity contribution in [3.05, 3.63) is 59.7 Å². The largest absolute Gasteiger partial charge is 0.361 e. The van der Waals surface area contributed by atoms with E-state index in [0.29, 0.717) is 24.9 Å². The van der Waals surface area contributed by atoms with Crippen LogP contribution in [0.15, 0.2) is 47.2 Å². The third-order valence-electron chi connectivity index (χ3n) is 7.02. The molecule has 1 aliphatic carbocycles. The number of aromatic nitrogens is 3. The fraction of sp³-hybridized carbons (Fsp3) is 0.370. The molecular formula is C27H28F2N4O2. The molecule has 0 aliphatic heterocycles. The topological polar surface area (TPSA) is 73.0 Å². The van der Waals surface area contributed by atoms with Gasteiger partial charge in [0.2, 0.25) is 5.92 Å². The predicted molar refractivity (Wildman–Crippen MR) is 130 cm³/mol. The normalized spacial score (nSPS) is 16.0. The van der Waals surface area contributed by atoms with E-state index in [1.807, 2.05) is 32.2 Å². The van der Waals surface area contributed by atoms with E-state index in [0.717, 1.165) is 44.7 Å². The molecule has 4 aromatic rings. The van der Waals surface area contributed by atoms with Gasteiger partial charge in [-0.3, -0.25) is 9.78 Å². The van der Waals surface area contributed by atoms with Crippen molar-refractivity contribution in [2.24, 2.45) is 5.92 Å². The summed E-state index contributed by atoms with van der Waals surface area (Å²) < 4.78 is 35.0. The van der Waals surface area contributed by atoms with Crippen molar-refractivity contribution in [2.75, 3.05) is 7.05 Å². The van der Waals surface area contributed by atoms with E-state index in [9.17, 15) is 13.6 Å². The Morgan fingerprint density at radius 1 is 1.17 bits per heavy atom. The molecule has 6 nitrogen and oxygen atoms in total. The fourth-order valence-corrected chi connectivity index (χ4v) is 5.07. The maximum absolute atomic E-state index is 13.7. The van der Waals surface area contributed by atoms with E-state index < -0.39 is 5.92 Å². The van der Waals surface area contributed by atoms with Crippen LogP contribution in [0.1, 0.15) is 47.5 Å². The molecule has 1 aliphatic rings. The Bertz CT molecular complexity index is 1360. The van der Waals surface area contributed by atoms with E-state index in [1.54, 1.807) is 19.2 Å². The lowest BCUT2D eigenvalue weighted by molar-refractivity contribution is -0.0472. The van der Waals surface area contributed by atoms with Gasteiger partial charge in [-0.1, -0.05) is 17.3 Å². The Morgan fingerprint density at radius 2 is 1.89 bits per heavy atom. The molecule has 1 saturated carbocycles. The molecule has 182 valence electrons. The summed E-state index contributed by atoms with van der Waals surface area (Å²) in [5.41, 5.74) is 6.84. The first-order valence-electron chi connectivity index (χ1n) is 11.9. The molecule has 3 aromatic heterocycles. The smallest absolute Gasteiger partial charge is 0.251 e. The summed E-state index contributed by atoms with van der Waals surface area (Å²) in [4.78, 5) is 16.8. The van der Waals surface area contributed by atoms with Crippen molar-refractivity contribution in [2.45, 2.75) is 52.0 Å². The summed E-state index contributed by atoms with van der Waals surface area (Å²) in [6.45, 7) is 4.42. The van der Waals surface area contributed by atoms with E-state index >= 15 is 0 Å². The highest BCUT2D eigenvalue weighted by Gasteiger charge is 2.35. The summed E-state index contributed by atoms with van der Waals surface area (Å²) >= 11 is 0. The number of alkyl halides is 2. The number of hydrogen-bond donors (Lipinski definition) is 1. The molecule has 0 spiro atoms. The second kappa shape index (κ2) is 8.91. The minimum absolute atomic E-state index is 0.0622. The number of nitrogens with zero attached hydrogens (tertiary/aromatic N) is 3. The third-order valence-corrected chi connectivity index (χ3v) is 7.02. The van der Waals surface area contributed by atoms with Crippen molar-refractivity contribution in [3.63, 3.8) is 0 Å². The van der Waals surface area contributed by atoms with Gasteiger partial charge in [-0.25, -0.2) is 8.78 Å². The second-order valence-corrected chi connectivity index (χ2v) is 9.44. The number of pyridine rings is 1. The monoisotopic (exact) mass is 478 g/mol. The van der Waals surface area contributed by atoms with Crippen LogP contribution in [-0.4, -0.2) is 33.6 Å². The van der Waals surface area contributed by atoms with Crippen molar-refractivity contribution >= 4 is 16.9 Å². The van der Waals surface area contributed by atoms with Gasteiger partial charge in [-0.15, -0.1) is 0 Å². The first-order chi connectivity index (χ1) is 16.8. The Kier molecular flexibility index (Phi) is 5.91. The number of amides is 1. The molecular weight excluding hydrogens is 450 g/mol. The molecule has 3 heterocycles. The van der Waals surface area contributed by atoms with Gasteiger partial charge in [-0.05, 0) is 56.4 Å². The zero-order valence-electron chi connectivity index (χ0n) is 20.1. The third kappa shape index (κ3) is 4.45. The first kappa shape index (κ1) is 23.2. The van der Waals surface area contributed by atoms with Crippen molar-refractivity contribution in [1.29, 1.82) is 0 Å². The van der Waals surface area contributed by atoms with E-state index in [-0.39, 0.29) is 24.7 Å². The number of halogens is 2. The van der Waals surface area contributed by atoms with Crippen LogP contribution in [0, 0.1) is 19.8 Å². The lowest BCUT2D eigenvalue weighted by atomic mass is 9.87. The van der Waals surface area contributed by atoms with Gasteiger partial charge in [0.25, 0.3) is 5.91 Å². The quantitative estimate of drug-likeness (QED) is 0.373. The van der Waals surface area contributed by atoms with Crippen LogP contribution in [0.5, 0.6) is 0 Å². The van der Waals surface area contributed by atoms with Crippen LogP contribution in [0.3, 0.4) is 0 Å². The van der Waals surface area contributed by atoms with E-state index in [1.165, 1.54) is 0 Å². The van der Waals surface area contributed by atoms with Crippen LogP contribution in [-0.2, 0) is 6.54 Å². The molecule has 1 aromatic carbocycles.